The van der Waals surface area contributed by atoms with Crippen molar-refractivity contribution in [1.82, 2.24) is 9.97 Å². The molecule has 0 aliphatic rings. The van der Waals surface area contributed by atoms with Gasteiger partial charge in [0.2, 0.25) is 0 Å². The predicted molar refractivity (Wildman–Crippen MR) is 84.3 cm³/mol. The van der Waals surface area contributed by atoms with Gasteiger partial charge in [0, 0.05) is 28.2 Å². The molecule has 1 heterocycles. The Labute approximate surface area is 129 Å². The van der Waals surface area contributed by atoms with E-state index in [1.165, 1.54) is 0 Å². The number of nitrogens with two attached hydrogens (primary N) is 1. The molecule has 0 aliphatic carbocycles. The number of nitrogens with zero attached hydrogens (tertiary/aromatic N) is 2. The molecule has 3 nitrogen and oxygen atoms in total. The maximum atomic E-state index is 6.17. The Morgan fingerprint density at radius 1 is 1.15 bits per heavy atom. The fraction of sp³-hybridized carbons (Fsp3) is 0.333. The number of halogens is 2. The molecule has 0 unspecified atom stereocenters. The largest absolute Gasteiger partial charge is 0.384 e. The summed E-state index contributed by atoms with van der Waals surface area (Å²) in [5.74, 6) is 1.71. The second-order valence-electron chi connectivity index (χ2n) is 5.21. The Kier molecular flexibility index (Phi) is 4.84. The van der Waals surface area contributed by atoms with Crippen molar-refractivity contribution in [2.75, 3.05) is 5.73 Å². The smallest absolute Gasteiger partial charge is 0.135 e. The Balaban J connectivity index is 2.26. The summed E-state index contributed by atoms with van der Waals surface area (Å²) in [6.45, 7) is 4.29. The van der Waals surface area contributed by atoms with E-state index in [1.807, 2.05) is 18.2 Å². The number of aromatic nitrogens is 2. The predicted octanol–water partition coefficient (Wildman–Crippen LogP) is 4.15. The van der Waals surface area contributed by atoms with Crippen LogP contribution >= 0.6 is 23.2 Å². The van der Waals surface area contributed by atoms with Crippen molar-refractivity contribution < 1.29 is 0 Å². The Bertz CT molecular complexity index is 612. The maximum absolute atomic E-state index is 6.17. The minimum Gasteiger partial charge on any atom is -0.384 e. The minimum absolute atomic E-state index is 0.496. The van der Waals surface area contributed by atoms with Gasteiger partial charge in [0.25, 0.3) is 0 Å². The maximum Gasteiger partial charge on any atom is 0.135 e. The summed E-state index contributed by atoms with van der Waals surface area (Å²) in [6.07, 6.45) is 1.43. The molecule has 0 fully saturated rings. The van der Waals surface area contributed by atoms with Crippen LogP contribution in [0.25, 0.3) is 0 Å². The summed E-state index contributed by atoms with van der Waals surface area (Å²) >= 11 is 12.1. The van der Waals surface area contributed by atoms with Crippen molar-refractivity contribution in [1.29, 1.82) is 0 Å². The van der Waals surface area contributed by atoms with Crippen LogP contribution in [0.5, 0.6) is 0 Å². The summed E-state index contributed by atoms with van der Waals surface area (Å²) in [6, 6.07) is 7.25. The lowest BCUT2D eigenvalue weighted by Gasteiger charge is -2.09. The van der Waals surface area contributed by atoms with Gasteiger partial charge in [0.15, 0.2) is 0 Å². The Hall–Kier alpha value is -1.32. The molecule has 106 valence electrons. The van der Waals surface area contributed by atoms with Gasteiger partial charge in [-0.25, -0.2) is 9.97 Å². The van der Waals surface area contributed by atoms with Gasteiger partial charge in [0.05, 0.1) is 0 Å². The fourth-order valence-corrected chi connectivity index (χ4v) is 2.49. The third-order valence-electron chi connectivity index (χ3n) is 2.83. The topological polar surface area (TPSA) is 51.8 Å². The highest BCUT2D eigenvalue weighted by Gasteiger charge is 2.08. The van der Waals surface area contributed by atoms with E-state index < -0.39 is 0 Å². The number of anilines is 1. The number of benzene rings is 1. The number of hydrogen-bond acceptors (Lipinski definition) is 3. The molecule has 2 rings (SSSR count). The molecule has 2 aromatic rings. The van der Waals surface area contributed by atoms with Crippen molar-refractivity contribution in [2.45, 2.75) is 26.7 Å². The lowest BCUT2D eigenvalue weighted by atomic mass is 10.1. The van der Waals surface area contributed by atoms with Gasteiger partial charge >= 0.3 is 0 Å². The van der Waals surface area contributed by atoms with E-state index in [4.69, 9.17) is 28.9 Å². The summed E-state index contributed by atoms with van der Waals surface area (Å²) in [5.41, 5.74) is 7.75. The number of rotatable bonds is 4. The molecule has 0 bridgehead atoms. The van der Waals surface area contributed by atoms with E-state index in [9.17, 15) is 0 Å². The molecule has 2 N–H and O–H groups in total. The molecule has 0 saturated heterocycles. The molecular formula is C15H17Cl2N3. The van der Waals surface area contributed by atoms with Crippen molar-refractivity contribution in [3.8, 4) is 0 Å². The first kappa shape index (κ1) is 15.1. The van der Waals surface area contributed by atoms with Crippen LogP contribution in [0.4, 0.5) is 5.82 Å². The zero-order valence-corrected chi connectivity index (χ0v) is 13.0. The summed E-state index contributed by atoms with van der Waals surface area (Å²) in [4.78, 5) is 8.82. The second kappa shape index (κ2) is 6.42. The van der Waals surface area contributed by atoms with Gasteiger partial charge in [-0.15, -0.1) is 0 Å². The SMILES string of the molecule is CC(C)Cc1cc(N)nc(Cc2ccc(Cl)cc2Cl)n1. The summed E-state index contributed by atoms with van der Waals surface area (Å²) < 4.78 is 0. The zero-order chi connectivity index (χ0) is 14.7. The average molecular weight is 310 g/mol. The van der Waals surface area contributed by atoms with Gasteiger partial charge in [-0.1, -0.05) is 43.1 Å². The normalized spacial score (nSPS) is 11.1. The molecular weight excluding hydrogens is 293 g/mol. The van der Waals surface area contributed by atoms with Gasteiger partial charge in [-0.2, -0.15) is 0 Å². The van der Waals surface area contributed by atoms with E-state index >= 15 is 0 Å². The van der Waals surface area contributed by atoms with E-state index in [-0.39, 0.29) is 0 Å². The van der Waals surface area contributed by atoms with E-state index in [0.29, 0.717) is 34.0 Å². The third-order valence-corrected chi connectivity index (χ3v) is 3.41. The lowest BCUT2D eigenvalue weighted by molar-refractivity contribution is 0.631. The summed E-state index contributed by atoms with van der Waals surface area (Å²) in [5, 5.41) is 1.24. The standard InChI is InChI=1S/C15H17Cl2N3/c1-9(2)5-12-8-14(18)20-15(19-12)6-10-3-4-11(16)7-13(10)17/h3-4,7-9H,5-6H2,1-2H3,(H2,18,19,20). The monoisotopic (exact) mass is 309 g/mol. The molecule has 20 heavy (non-hydrogen) atoms. The van der Waals surface area contributed by atoms with Crippen molar-refractivity contribution in [3.63, 3.8) is 0 Å². The first-order chi connectivity index (χ1) is 9.44. The molecule has 0 saturated carbocycles. The van der Waals surface area contributed by atoms with Crippen LogP contribution in [0.15, 0.2) is 24.3 Å². The molecule has 1 aromatic carbocycles. The Morgan fingerprint density at radius 3 is 2.55 bits per heavy atom. The zero-order valence-electron chi connectivity index (χ0n) is 11.5. The van der Waals surface area contributed by atoms with Gasteiger partial charge in [-0.05, 0) is 30.0 Å². The third kappa shape index (κ3) is 4.09. The number of nitrogen functional groups attached to an aromatic ring is 1. The van der Waals surface area contributed by atoms with Gasteiger partial charge < -0.3 is 5.73 Å². The summed E-state index contributed by atoms with van der Waals surface area (Å²) in [7, 11) is 0. The fourth-order valence-electron chi connectivity index (χ4n) is 2.01. The minimum atomic E-state index is 0.496. The van der Waals surface area contributed by atoms with Crippen molar-refractivity contribution in [3.05, 3.63) is 51.4 Å². The molecule has 0 aliphatic heterocycles. The van der Waals surface area contributed by atoms with Crippen molar-refractivity contribution >= 4 is 29.0 Å². The highest BCUT2D eigenvalue weighted by molar-refractivity contribution is 6.35. The highest BCUT2D eigenvalue weighted by Crippen LogP contribution is 2.23. The molecule has 0 spiro atoms. The van der Waals surface area contributed by atoms with Gasteiger partial charge in [-0.3, -0.25) is 0 Å². The first-order valence-corrected chi connectivity index (χ1v) is 7.26. The van der Waals surface area contributed by atoms with Crippen LogP contribution in [0, 0.1) is 5.92 Å². The van der Waals surface area contributed by atoms with Crippen molar-refractivity contribution in [2.24, 2.45) is 5.92 Å². The van der Waals surface area contributed by atoms with Crippen LogP contribution in [0.1, 0.15) is 30.9 Å². The lowest BCUT2D eigenvalue weighted by Crippen LogP contribution is -2.06. The van der Waals surface area contributed by atoms with Crippen LogP contribution < -0.4 is 5.73 Å². The molecule has 5 heteroatoms. The van der Waals surface area contributed by atoms with Crippen LogP contribution in [0.2, 0.25) is 10.0 Å². The highest BCUT2D eigenvalue weighted by atomic mass is 35.5. The van der Waals surface area contributed by atoms with E-state index in [2.05, 4.69) is 23.8 Å². The Morgan fingerprint density at radius 2 is 1.90 bits per heavy atom. The average Bonchev–Trinajstić information content (AvgIpc) is 2.31. The van der Waals surface area contributed by atoms with Crippen LogP contribution in [0.3, 0.4) is 0 Å². The number of hydrogen-bond donors (Lipinski definition) is 1. The molecule has 0 atom stereocenters. The molecule has 0 amide bonds. The quantitative estimate of drug-likeness (QED) is 0.922. The molecule has 0 radical (unpaired) electrons. The van der Waals surface area contributed by atoms with E-state index in [1.54, 1.807) is 6.07 Å². The van der Waals surface area contributed by atoms with E-state index in [0.717, 1.165) is 17.7 Å². The second-order valence-corrected chi connectivity index (χ2v) is 6.05. The van der Waals surface area contributed by atoms with Crippen LogP contribution in [-0.2, 0) is 12.8 Å². The first-order valence-electron chi connectivity index (χ1n) is 6.50. The molecule has 1 aromatic heterocycles. The van der Waals surface area contributed by atoms with Crippen LogP contribution in [-0.4, -0.2) is 9.97 Å². The van der Waals surface area contributed by atoms with Gasteiger partial charge in [0.1, 0.15) is 11.6 Å².